The fourth-order valence-corrected chi connectivity index (χ4v) is 3.08. The van der Waals surface area contributed by atoms with Crippen molar-refractivity contribution in [1.82, 2.24) is 15.3 Å². The number of guanidine groups is 1. The maximum Gasteiger partial charge on any atom is 0.225 e. The summed E-state index contributed by atoms with van der Waals surface area (Å²) >= 11 is 0. The molecule has 2 heterocycles. The van der Waals surface area contributed by atoms with Crippen molar-refractivity contribution in [2.45, 2.75) is 32.1 Å². The van der Waals surface area contributed by atoms with Crippen molar-refractivity contribution in [3.63, 3.8) is 0 Å². The Morgan fingerprint density at radius 3 is 2.65 bits per heavy atom. The second-order valence-corrected chi connectivity index (χ2v) is 6.41. The van der Waals surface area contributed by atoms with Crippen LogP contribution >= 0.6 is 24.0 Å². The van der Waals surface area contributed by atoms with E-state index in [2.05, 4.69) is 25.2 Å². The lowest BCUT2D eigenvalue weighted by Crippen LogP contribution is -2.40. The molecule has 1 saturated heterocycles. The van der Waals surface area contributed by atoms with Crippen LogP contribution in [0.2, 0.25) is 0 Å². The second-order valence-electron chi connectivity index (χ2n) is 6.41. The number of rotatable bonds is 5. The smallest absolute Gasteiger partial charge is 0.225 e. The number of nitrogens with two attached hydrogens (primary N) is 1. The lowest BCUT2D eigenvalue weighted by molar-refractivity contribution is 0.315. The predicted molar refractivity (Wildman–Crippen MR) is 104 cm³/mol. The first-order valence-electron chi connectivity index (χ1n) is 8.37. The monoisotopic (exact) mass is 430 g/mol. The Morgan fingerprint density at radius 1 is 1.22 bits per heavy atom. The molecular formula is C16H27IN6. The van der Waals surface area contributed by atoms with Gasteiger partial charge < -0.3 is 16.0 Å². The van der Waals surface area contributed by atoms with Crippen LogP contribution in [0, 0.1) is 11.8 Å². The van der Waals surface area contributed by atoms with Gasteiger partial charge in [-0.2, -0.15) is 0 Å². The van der Waals surface area contributed by atoms with Crippen molar-refractivity contribution in [3.8, 4) is 0 Å². The minimum atomic E-state index is 0. The summed E-state index contributed by atoms with van der Waals surface area (Å²) in [5.74, 6) is 2.75. The highest BCUT2D eigenvalue weighted by atomic mass is 127. The molecule has 0 radical (unpaired) electrons. The van der Waals surface area contributed by atoms with Gasteiger partial charge in [-0.05, 0) is 43.6 Å². The van der Waals surface area contributed by atoms with Gasteiger partial charge >= 0.3 is 0 Å². The molecule has 1 saturated carbocycles. The van der Waals surface area contributed by atoms with E-state index in [1.165, 1.54) is 25.7 Å². The Labute approximate surface area is 155 Å². The first kappa shape index (κ1) is 18.2. The number of aliphatic imine (C=N–C) groups is 1. The number of nitrogens with one attached hydrogen (secondary N) is 1. The van der Waals surface area contributed by atoms with E-state index in [9.17, 15) is 0 Å². The number of nitrogens with zero attached hydrogens (tertiary/aromatic N) is 4. The fraction of sp³-hybridized carbons (Fsp3) is 0.688. The highest BCUT2D eigenvalue weighted by Crippen LogP contribution is 2.25. The first-order chi connectivity index (χ1) is 10.8. The number of hydrogen-bond acceptors (Lipinski definition) is 4. The van der Waals surface area contributed by atoms with Gasteiger partial charge in [-0.25, -0.2) is 9.97 Å². The van der Waals surface area contributed by atoms with Crippen molar-refractivity contribution in [3.05, 3.63) is 18.5 Å². The van der Waals surface area contributed by atoms with Crippen LogP contribution in [0.3, 0.4) is 0 Å². The molecule has 0 aromatic carbocycles. The minimum Gasteiger partial charge on any atom is -0.370 e. The van der Waals surface area contributed by atoms with E-state index in [1.54, 1.807) is 12.4 Å². The summed E-state index contributed by atoms with van der Waals surface area (Å²) in [6.07, 6.45) is 9.97. The van der Waals surface area contributed by atoms with Gasteiger partial charge in [-0.1, -0.05) is 6.42 Å². The van der Waals surface area contributed by atoms with Gasteiger partial charge in [0.1, 0.15) is 0 Å². The Morgan fingerprint density at radius 2 is 1.96 bits per heavy atom. The molecule has 23 heavy (non-hydrogen) atoms. The minimum absolute atomic E-state index is 0. The topological polar surface area (TPSA) is 79.4 Å². The number of anilines is 1. The molecule has 6 nitrogen and oxygen atoms in total. The number of halogens is 1. The largest absolute Gasteiger partial charge is 0.370 e. The molecule has 7 heteroatoms. The van der Waals surface area contributed by atoms with Crippen LogP contribution in [0.5, 0.6) is 0 Å². The van der Waals surface area contributed by atoms with Crippen molar-refractivity contribution in [2.75, 3.05) is 31.1 Å². The average molecular weight is 430 g/mol. The molecule has 0 amide bonds. The number of piperidine rings is 1. The maximum absolute atomic E-state index is 5.96. The predicted octanol–water partition coefficient (Wildman–Crippen LogP) is 2.02. The summed E-state index contributed by atoms with van der Waals surface area (Å²) in [5, 5.41) is 3.26. The normalized spacial score (nSPS) is 22.2. The van der Waals surface area contributed by atoms with Crippen LogP contribution < -0.4 is 16.0 Å². The average Bonchev–Trinajstić information content (AvgIpc) is 2.53. The second kappa shape index (κ2) is 9.24. The zero-order valence-corrected chi connectivity index (χ0v) is 15.9. The lowest BCUT2D eigenvalue weighted by atomic mass is 9.85. The molecule has 1 aliphatic carbocycles. The summed E-state index contributed by atoms with van der Waals surface area (Å²) in [5.41, 5.74) is 5.96. The third kappa shape index (κ3) is 5.47. The Hall–Kier alpha value is -1.12. The molecule has 2 aliphatic rings. The summed E-state index contributed by atoms with van der Waals surface area (Å²) in [6.45, 7) is 3.75. The van der Waals surface area contributed by atoms with E-state index >= 15 is 0 Å². The molecule has 3 N–H and O–H groups in total. The number of hydrogen-bond donors (Lipinski definition) is 2. The maximum atomic E-state index is 5.96. The van der Waals surface area contributed by atoms with Gasteiger partial charge in [0.2, 0.25) is 5.95 Å². The van der Waals surface area contributed by atoms with Gasteiger partial charge in [-0.15, -0.1) is 24.0 Å². The Balaban J connectivity index is 0.00000192. The third-order valence-corrected chi connectivity index (χ3v) is 4.67. The van der Waals surface area contributed by atoms with Crippen LogP contribution in [-0.4, -0.2) is 42.1 Å². The van der Waals surface area contributed by atoms with E-state index < -0.39 is 0 Å². The number of aromatic nitrogens is 2. The van der Waals surface area contributed by atoms with Crippen molar-refractivity contribution in [1.29, 1.82) is 0 Å². The van der Waals surface area contributed by atoms with Crippen molar-refractivity contribution in [2.24, 2.45) is 22.6 Å². The highest BCUT2D eigenvalue weighted by molar-refractivity contribution is 14.0. The van der Waals surface area contributed by atoms with E-state index in [0.29, 0.717) is 11.9 Å². The summed E-state index contributed by atoms with van der Waals surface area (Å²) < 4.78 is 0. The van der Waals surface area contributed by atoms with E-state index in [4.69, 9.17) is 5.73 Å². The molecule has 1 aliphatic heterocycles. The molecule has 0 spiro atoms. The first-order valence-corrected chi connectivity index (χ1v) is 8.37. The molecule has 2 fully saturated rings. The molecule has 1 atom stereocenters. The Bertz CT molecular complexity index is 491. The molecule has 1 unspecified atom stereocenters. The van der Waals surface area contributed by atoms with Crippen LogP contribution in [0.15, 0.2) is 23.5 Å². The van der Waals surface area contributed by atoms with Gasteiger partial charge in [0.15, 0.2) is 5.96 Å². The summed E-state index contributed by atoms with van der Waals surface area (Å²) in [6, 6.07) is 1.85. The van der Waals surface area contributed by atoms with Gasteiger partial charge in [0, 0.05) is 38.6 Å². The van der Waals surface area contributed by atoms with Crippen LogP contribution in [0.4, 0.5) is 5.95 Å². The Kier molecular flexibility index (Phi) is 7.32. The molecule has 0 bridgehead atoms. The zero-order valence-electron chi connectivity index (χ0n) is 13.5. The van der Waals surface area contributed by atoms with Crippen molar-refractivity contribution >= 4 is 35.9 Å². The highest BCUT2D eigenvalue weighted by Gasteiger charge is 2.21. The van der Waals surface area contributed by atoms with Gasteiger partial charge in [0.05, 0.1) is 0 Å². The quantitative estimate of drug-likeness (QED) is 0.425. The van der Waals surface area contributed by atoms with E-state index in [-0.39, 0.29) is 24.0 Å². The van der Waals surface area contributed by atoms with E-state index in [0.717, 1.165) is 44.5 Å². The SMILES string of the molecule is I.NC(=NCC1CCCN(c2ncccn2)C1)NCC1CCC1. The standard InChI is InChI=1S/C16H26N6.HI/c17-15(20-10-13-4-1-5-13)21-11-14-6-2-9-22(12-14)16-18-7-3-8-19-16;/h3,7-8,13-14H,1-2,4-6,9-12H2,(H3,17,20,21);1H. The van der Waals surface area contributed by atoms with Gasteiger partial charge in [-0.3, -0.25) is 4.99 Å². The lowest BCUT2D eigenvalue weighted by Gasteiger charge is -2.32. The summed E-state index contributed by atoms with van der Waals surface area (Å²) in [7, 11) is 0. The third-order valence-electron chi connectivity index (χ3n) is 4.67. The molecule has 1 aromatic heterocycles. The molecule has 128 valence electrons. The zero-order chi connectivity index (χ0) is 15.2. The molecular weight excluding hydrogens is 403 g/mol. The van der Waals surface area contributed by atoms with Crippen LogP contribution in [0.25, 0.3) is 0 Å². The molecule has 1 aromatic rings. The van der Waals surface area contributed by atoms with Crippen LogP contribution in [0.1, 0.15) is 32.1 Å². The summed E-state index contributed by atoms with van der Waals surface area (Å²) in [4.78, 5) is 15.5. The van der Waals surface area contributed by atoms with Crippen molar-refractivity contribution < 1.29 is 0 Å². The molecule has 3 rings (SSSR count). The van der Waals surface area contributed by atoms with Crippen LogP contribution in [-0.2, 0) is 0 Å². The van der Waals surface area contributed by atoms with E-state index in [1.807, 2.05) is 6.07 Å². The van der Waals surface area contributed by atoms with Gasteiger partial charge in [0.25, 0.3) is 0 Å². The fourth-order valence-electron chi connectivity index (χ4n) is 3.08.